The lowest BCUT2D eigenvalue weighted by atomic mass is 9.98. The average Bonchev–Trinajstić information content (AvgIpc) is 2.82. The summed E-state index contributed by atoms with van der Waals surface area (Å²) in [6.07, 6.45) is 1.14. The number of nitrogens with one attached hydrogen (secondary N) is 1. The molecule has 1 aliphatic rings. The minimum absolute atomic E-state index is 0.248. The first-order valence-electron chi connectivity index (χ1n) is 6.29. The molecule has 1 aromatic carbocycles. The van der Waals surface area contributed by atoms with E-state index in [0.29, 0.717) is 17.7 Å². The third-order valence-corrected chi connectivity index (χ3v) is 3.56. The molecule has 2 N–H and O–H groups in total. The average molecular weight is 235 g/mol. The number of phenolic OH excluding ortho intramolecular Hbond substituents is 1. The van der Waals surface area contributed by atoms with Crippen molar-refractivity contribution < 1.29 is 9.84 Å². The molecule has 1 aliphatic heterocycles. The first-order valence-corrected chi connectivity index (χ1v) is 6.29. The van der Waals surface area contributed by atoms with Crippen LogP contribution in [0.3, 0.4) is 0 Å². The van der Waals surface area contributed by atoms with E-state index in [1.807, 2.05) is 18.2 Å². The Balaban J connectivity index is 1.93. The molecule has 1 aromatic rings. The highest BCUT2D eigenvalue weighted by Crippen LogP contribution is 2.22. The van der Waals surface area contributed by atoms with Crippen molar-refractivity contribution in [2.45, 2.75) is 32.4 Å². The van der Waals surface area contributed by atoms with Crippen molar-refractivity contribution in [3.8, 4) is 5.75 Å². The number of benzene rings is 1. The lowest BCUT2D eigenvalue weighted by Crippen LogP contribution is -2.35. The molecule has 17 heavy (non-hydrogen) atoms. The van der Waals surface area contributed by atoms with Gasteiger partial charge in [0.2, 0.25) is 0 Å². The quantitative estimate of drug-likeness (QED) is 0.842. The monoisotopic (exact) mass is 235 g/mol. The predicted octanol–water partition coefficient (Wildman–Crippen LogP) is 2.47. The molecule has 2 rings (SSSR count). The van der Waals surface area contributed by atoms with Crippen LogP contribution in [0, 0.1) is 5.92 Å². The summed E-state index contributed by atoms with van der Waals surface area (Å²) < 4.78 is 5.40. The van der Waals surface area contributed by atoms with Crippen LogP contribution in [0.25, 0.3) is 0 Å². The fraction of sp³-hybridized carbons (Fsp3) is 0.571. The van der Waals surface area contributed by atoms with Gasteiger partial charge in [-0.05, 0) is 43.9 Å². The number of hydrogen-bond donors (Lipinski definition) is 2. The SMILES string of the molecule is CC(N[C@H](C)c1cccc(O)c1)C1CCOC1. The van der Waals surface area contributed by atoms with Crippen LogP contribution < -0.4 is 5.32 Å². The molecule has 3 heteroatoms. The molecule has 2 unspecified atom stereocenters. The first kappa shape index (κ1) is 12.4. The van der Waals surface area contributed by atoms with Gasteiger partial charge in [-0.25, -0.2) is 0 Å². The van der Waals surface area contributed by atoms with Gasteiger partial charge in [0.15, 0.2) is 0 Å². The van der Waals surface area contributed by atoms with Gasteiger partial charge in [-0.15, -0.1) is 0 Å². The van der Waals surface area contributed by atoms with Gasteiger partial charge in [-0.2, -0.15) is 0 Å². The molecule has 1 fully saturated rings. The second-order valence-electron chi connectivity index (χ2n) is 4.90. The van der Waals surface area contributed by atoms with Crippen LogP contribution in [0.5, 0.6) is 5.75 Å². The van der Waals surface area contributed by atoms with E-state index in [1.165, 1.54) is 0 Å². The number of hydrogen-bond acceptors (Lipinski definition) is 3. The van der Waals surface area contributed by atoms with E-state index < -0.39 is 0 Å². The van der Waals surface area contributed by atoms with Gasteiger partial charge in [0.25, 0.3) is 0 Å². The largest absolute Gasteiger partial charge is 0.508 e. The van der Waals surface area contributed by atoms with E-state index in [-0.39, 0.29) is 6.04 Å². The van der Waals surface area contributed by atoms with Crippen LogP contribution >= 0.6 is 0 Å². The standard InChI is InChI=1S/C14H21NO2/c1-10(12-4-3-5-14(16)8-12)15-11(2)13-6-7-17-9-13/h3-5,8,10-11,13,15-16H,6-7,9H2,1-2H3/t10-,11?,13?/m1/s1. The highest BCUT2D eigenvalue weighted by molar-refractivity contribution is 5.29. The maximum absolute atomic E-state index is 9.46. The van der Waals surface area contributed by atoms with Crippen molar-refractivity contribution >= 4 is 0 Å². The van der Waals surface area contributed by atoms with Crippen LogP contribution in [0.2, 0.25) is 0 Å². The molecule has 1 saturated heterocycles. The van der Waals surface area contributed by atoms with Crippen LogP contribution in [-0.4, -0.2) is 24.4 Å². The Hall–Kier alpha value is -1.06. The van der Waals surface area contributed by atoms with Gasteiger partial charge in [0.05, 0.1) is 6.61 Å². The summed E-state index contributed by atoms with van der Waals surface area (Å²) in [5, 5.41) is 13.0. The first-order chi connectivity index (χ1) is 8.16. The maximum atomic E-state index is 9.46. The van der Waals surface area contributed by atoms with Gasteiger partial charge < -0.3 is 15.2 Å². The van der Waals surface area contributed by atoms with E-state index in [2.05, 4.69) is 19.2 Å². The van der Waals surface area contributed by atoms with Crippen molar-refractivity contribution in [2.75, 3.05) is 13.2 Å². The molecule has 94 valence electrons. The van der Waals surface area contributed by atoms with Crippen molar-refractivity contribution in [1.29, 1.82) is 0 Å². The second-order valence-corrected chi connectivity index (χ2v) is 4.90. The second kappa shape index (κ2) is 5.52. The smallest absolute Gasteiger partial charge is 0.115 e. The van der Waals surface area contributed by atoms with E-state index in [1.54, 1.807) is 6.07 Å². The maximum Gasteiger partial charge on any atom is 0.115 e. The Morgan fingerprint density at radius 2 is 2.24 bits per heavy atom. The highest BCUT2D eigenvalue weighted by Gasteiger charge is 2.23. The Morgan fingerprint density at radius 3 is 2.88 bits per heavy atom. The van der Waals surface area contributed by atoms with Crippen molar-refractivity contribution in [2.24, 2.45) is 5.92 Å². The van der Waals surface area contributed by atoms with E-state index in [0.717, 1.165) is 25.2 Å². The summed E-state index contributed by atoms with van der Waals surface area (Å²) in [5.74, 6) is 0.933. The van der Waals surface area contributed by atoms with Gasteiger partial charge in [-0.1, -0.05) is 12.1 Å². The minimum Gasteiger partial charge on any atom is -0.508 e. The van der Waals surface area contributed by atoms with Crippen molar-refractivity contribution in [3.63, 3.8) is 0 Å². The molecule has 0 bridgehead atoms. The molecule has 0 radical (unpaired) electrons. The van der Waals surface area contributed by atoms with Gasteiger partial charge in [0, 0.05) is 18.7 Å². The summed E-state index contributed by atoms with van der Waals surface area (Å²) in [6.45, 7) is 6.08. The van der Waals surface area contributed by atoms with Crippen LogP contribution in [0.4, 0.5) is 0 Å². The summed E-state index contributed by atoms with van der Waals surface area (Å²) in [7, 11) is 0. The van der Waals surface area contributed by atoms with Crippen LogP contribution in [-0.2, 0) is 4.74 Å². The molecule has 0 saturated carbocycles. The van der Waals surface area contributed by atoms with E-state index in [4.69, 9.17) is 4.74 Å². The topological polar surface area (TPSA) is 41.5 Å². The molecule has 0 aromatic heterocycles. The van der Waals surface area contributed by atoms with Gasteiger partial charge in [-0.3, -0.25) is 0 Å². The Morgan fingerprint density at radius 1 is 1.41 bits per heavy atom. The molecule has 1 heterocycles. The third kappa shape index (κ3) is 3.20. The Kier molecular flexibility index (Phi) is 4.02. The lowest BCUT2D eigenvalue weighted by molar-refractivity contribution is 0.177. The summed E-state index contributed by atoms with van der Waals surface area (Å²) in [4.78, 5) is 0. The zero-order valence-corrected chi connectivity index (χ0v) is 10.5. The Labute approximate surface area is 103 Å². The summed E-state index contributed by atoms with van der Waals surface area (Å²) in [5.41, 5.74) is 1.12. The molecular formula is C14H21NO2. The molecule has 0 aliphatic carbocycles. The number of aromatic hydroxyl groups is 1. The molecule has 3 nitrogen and oxygen atoms in total. The predicted molar refractivity (Wildman–Crippen MR) is 68.0 cm³/mol. The minimum atomic E-state index is 0.248. The number of rotatable bonds is 4. The number of phenols is 1. The molecule has 3 atom stereocenters. The summed E-state index contributed by atoms with van der Waals surface area (Å²) >= 11 is 0. The summed E-state index contributed by atoms with van der Waals surface area (Å²) in [6, 6.07) is 8.12. The van der Waals surface area contributed by atoms with Gasteiger partial charge >= 0.3 is 0 Å². The van der Waals surface area contributed by atoms with E-state index in [9.17, 15) is 5.11 Å². The van der Waals surface area contributed by atoms with Crippen molar-refractivity contribution in [3.05, 3.63) is 29.8 Å². The van der Waals surface area contributed by atoms with Crippen molar-refractivity contribution in [1.82, 2.24) is 5.32 Å². The normalized spacial score (nSPS) is 23.5. The fourth-order valence-corrected chi connectivity index (χ4v) is 2.37. The van der Waals surface area contributed by atoms with Gasteiger partial charge in [0.1, 0.15) is 5.75 Å². The zero-order chi connectivity index (χ0) is 12.3. The fourth-order valence-electron chi connectivity index (χ4n) is 2.37. The Bertz CT molecular complexity index is 361. The zero-order valence-electron chi connectivity index (χ0n) is 10.5. The highest BCUT2D eigenvalue weighted by atomic mass is 16.5. The third-order valence-electron chi connectivity index (χ3n) is 3.56. The molecule has 0 spiro atoms. The molecular weight excluding hydrogens is 214 g/mol. The number of ether oxygens (including phenoxy) is 1. The van der Waals surface area contributed by atoms with E-state index >= 15 is 0 Å². The van der Waals surface area contributed by atoms with Crippen LogP contribution in [0.15, 0.2) is 24.3 Å². The lowest BCUT2D eigenvalue weighted by Gasteiger charge is -2.24. The van der Waals surface area contributed by atoms with Crippen LogP contribution in [0.1, 0.15) is 31.9 Å². The molecule has 0 amide bonds.